The average molecular weight is 471 g/mol. The Kier molecular flexibility index (Phi) is 6.26. The smallest absolute Gasteiger partial charge is 0.323 e. The summed E-state index contributed by atoms with van der Waals surface area (Å²) in [6, 6.07) is 2.13. The summed E-state index contributed by atoms with van der Waals surface area (Å²) in [5.74, 6) is 1.69. The molecule has 3 aliphatic rings. The molecule has 2 unspecified atom stereocenters. The lowest BCUT2D eigenvalue weighted by Crippen LogP contribution is -2.42. The van der Waals surface area contributed by atoms with E-state index in [4.69, 9.17) is 30.4 Å². The largest absolute Gasteiger partial charge is 0.493 e. The van der Waals surface area contributed by atoms with Crippen molar-refractivity contribution in [1.82, 2.24) is 20.3 Å². The number of aromatic nitrogens is 3. The second kappa shape index (κ2) is 9.34. The topological polar surface area (TPSA) is 160 Å². The minimum Gasteiger partial charge on any atom is -0.493 e. The maximum Gasteiger partial charge on any atom is 0.323 e. The summed E-state index contributed by atoms with van der Waals surface area (Å²) in [7, 11) is 1.61. The Morgan fingerprint density at radius 3 is 2.59 bits per heavy atom. The molecule has 3 atom stereocenters. The van der Waals surface area contributed by atoms with E-state index in [0.717, 1.165) is 29.7 Å². The van der Waals surface area contributed by atoms with Crippen LogP contribution in [0.4, 0.5) is 0 Å². The molecule has 182 valence electrons. The third-order valence-electron chi connectivity index (χ3n) is 6.50. The van der Waals surface area contributed by atoms with Crippen molar-refractivity contribution in [3.05, 3.63) is 29.3 Å². The van der Waals surface area contributed by atoms with Gasteiger partial charge in [-0.15, -0.1) is 4.98 Å². The minimum absolute atomic E-state index is 0.125. The van der Waals surface area contributed by atoms with Crippen LogP contribution in [0.5, 0.6) is 23.5 Å². The van der Waals surface area contributed by atoms with Gasteiger partial charge < -0.3 is 40.8 Å². The van der Waals surface area contributed by atoms with E-state index >= 15 is 0 Å². The summed E-state index contributed by atoms with van der Waals surface area (Å²) < 4.78 is 23.4. The van der Waals surface area contributed by atoms with Gasteiger partial charge in [-0.05, 0) is 24.6 Å². The van der Waals surface area contributed by atoms with E-state index in [2.05, 4.69) is 26.3 Å². The molecular formula is C23H30N6O5. The summed E-state index contributed by atoms with van der Waals surface area (Å²) in [4.78, 5) is 13.4. The monoisotopic (exact) mass is 470 g/mol. The highest BCUT2D eigenvalue weighted by atomic mass is 16.5. The number of hydrogen-bond acceptors (Lipinski definition) is 11. The van der Waals surface area contributed by atoms with Crippen LogP contribution in [0, 0.1) is 0 Å². The number of aliphatic hydroxyl groups is 1. The molecule has 6 N–H and O–H groups in total. The molecule has 5 rings (SSSR count). The summed E-state index contributed by atoms with van der Waals surface area (Å²) in [5.41, 5.74) is 13.6. The van der Waals surface area contributed by atoms with E-state index in [-0.39, 0.29) is 36.8 Å². The number of nitrogens with one attached hydrogen (secondary N) is 1. The molecule has 2 aliphatic heterocycles. The molecule has 0 fully saturated rings. The van der Waals surface area contributed by atoms with Crippen molar-refractivity contribution in [1.29, 1.82) is 0 Å². The molecule has 0 radical (unpaired) electrons. The second-order valence-corrected chi connectivity index (χ2v) is 8.54. The Bertz CT molecular complexity index is 1070. The van der Waals surface area contributed by atoms with Crippen molar-refractivity contribution >= 4 is 0 Å². The number of hydrogen-bond donors (Lipinski definition) is 4. The molecule has 0 saturated carbocycles. The summed E-state index contributed by atoms with van der Waals surface area (Å²) >= 11 is 0. The lowest BCUT2D eigenvalue weighted by atomic mass is 9.68. The molecule has 0 bridgehead atoms. The standard InChI is InChI=1S/C23H30N6O5/c1-31-16-11-14(20-27-21(32-8-5-24)29-22(28-20)33-9-6-25)15-12-26-7-4-23-3-2-13(30)10-17(23)34-19(16)18(15)23/h2-3,11,13,17,26,30H,4-10,12,24-25H2,1H3/t13-,17?,23?/m0/s1. The van der Waals surface area contributed by atoms with Gasteiger partial charge in [0, 0.05) is 37.2 Å². The Morgan fingerprint density at radius 2 is 1.91 bits per heavy atom. The molecule has 3 heterocycles. The third-order valence-corrected chi connectivity index (χ3v) is 6.50. The first-order valence-corrected chi connectivity index (χ1v) is 11.5. The van der Waals surface area contributed by atoms with Gasteiger partial charge in [-0.3, -0.25) is 0 Å². The van der Waals surface area contributed by atoms with Gasteiger partial charge in [0.25, 0.3) is 0 Å². The molecule has 11 nitrogen and oxygen atoms in total. The van der Waals surface area contributed by atoms with Crippen molar-refractivity contribution < 1.29 is 24.1 Å². The lowest BCUT2D eigenvalue weighted by Gasteiger charge is -2.35. The first-order chi connectivity index (χ1) is 16.6. The fourth-order valence-corrected chi connectivity index (χ4v) is 5.03. The molecule has 11 heteroatoms. The molecule has 1 aromatic heterocycles. The number of benzene rings is 1. The van der Waals surface area contributed by atoms with Gasteiger partial charge in [-0.1, -0.05) is 12.2 Å². The number of nitrogens with zero attached hydrogens (tertiary/aromatic N) is 3. The zero-order chi connectivity index (χ0) is 23.7. The maximum atomic E-state index is 10.3. The van der Waals surface area contributed by atoms with E-state index in [1.807, 2.05) is 12.1 Å². The first-order valence-electron chi connectivity index (χ1n) is 11.5. The van der Waals surface area contributed by atoms with Crippen LogP contribution in [0.15, 0.2) is 18.2 Å². The van der Waals surface area contributed by atoms with Crippen LogP contribution in [0.3, 0.4) is 0 Å². The van der Waals surface area contributed by atoms with Gasteiger partial charge in [-0.2, -0.15) is 9.97 Å². The van der Waals surface area contributed by atoms with Crippen LogP contribution < -0.4 is 35.7 Å². The van der Waals surface area contributed by atoms with E-state index in [1.165, 1.54) is 0 Å². The fraction of sp³-hybridized carbons (Fsp3) is 0.522. The van der Waals surface area contributed by atoms with Gasteiger partial charge in [0.15, 0.2) is 17.3 Å². The van der Waals surface area contributed by atoms with Crippen LogP contribution in [-0.2, 0) is 12.0 Å². The van der Waals surface area contributed by atoms with Crippen molar-refractivity contribution in [3.63, 3.8) is 0 Å². The molecule has 1 spiro atoms. The third kappa shape index (κ3) is 3.84. The first kappa shape index (κ1) is 22.8. The molecule has 1 aromatic carbocycles. The highest BCUT2D eigenvalue weighted by Gasteiger charge is 2.53. The summed E-state index contributed by atoms with van der Waals surface area (Å²) in [5, 5.41) is 13.8. The average Bonchev–Trinajstić information content (AvgIpc) is 3.05. The number of rotatable bonds is 8. The van der Waals surface area contributed by atoms with Gasteiger partial charge in [-0.25, -0.2) is 0 Å². The van der Waals surface area contributed by atoms with E-state index < -0.39 is 6.10 Å². The summed E-state index contributed by atoms with van der Waals surface area (Å²) in [6.45, 7) is 2.55. The van der Waals surface area contributed by atoms with Gasteiger partial charge >= 0.3 is 12.0 Å². The highest BCUT2D eigenvalue weighted by Crippen LogP contribution is 2.56. The molecular weight excluding hydrogens is 440 g/mol. The Balaban J connectivity index is 1.70. The lowest BCUT2D eigenvalue weighted by molar-refractivity contribution is 0.0851. The van der Waals surface area contributed by atoms with E-state index in [9.17, 15) is 5.11 Å². The van der Waals surface area contributed by atoms with Crippen LogP contribution in [0.1, 0.15) is 24.0 Å². The number of nitrogens with two attached hydrogens (primary N) is 2. The fourth-order valence-electron chi connectivity index (χ4n) is 5.03. The predicted octanol–water partition coefficient (Wildman–Crippen LogP) is 0.0351. The zero-order valence-electron chi connectivity index (χ0n) is 19.1. The summed E-state index contributed by atoms with van der Waals surface area (Å²) in [6.07, 6.45) is 4.59. The Hall–Kier alpha value is -2.99. The Morgan fingerprint density at radius 1 is 1.18 bits per heavy atom. The highest BCUT2D eigenvalue weighted by molar-refractivity contribution is 5.74. The zero-order valence-corrected chi connectivity index (χ0v) is 19.1. The van der Waals surface area contributed by atoms with Crippen molar-refractivity contribution in [2.24, 2.45) is 11.5 Å². The van der Waals surface area contributed by atoms with E-state index in [0.29, 0.717) is 43.4 Å². The predicted molar refractivity (Wildman–Crippen MR) is 123 cm³/mol. The number of aliphatic hydroxyl groups excluding tert-OH is 1. The molecule has 1 aliphatic carbocycles. The molecule has 0 amide bonds. The van der Waals surface area contributed by atoms with E-state index in [1.54, 1.807) is 7.11 Å². The minimum atomic E-state index is -0.539. The molecule has 2 aromatic rings. The SMILES string of the molecule is COc1cc(-c2nc(OCCN)nc(OCCN)n2)c2c3c1OC1C[C@@H](O)C=CC31CCNC2. The van der Waals surface area contributed by atoms with Crippen LogP contribution in [0.2, 0.25) is 0 Å². The van der Waals surface area contributed by atoms with Gasteiger partial charge in [0.2, 0.25) is 0 Å². The van der Waals surface area contributed by atoms with Crippen LogP contribution >= 0.6 is 0 Å². The molecule has 34 heavy (non-hydrogen) atoms. The van der Waals surface area contributed by atoms with Crippen LogP contribution in [0.25, 0.3) is 11.4 Å². The normalized spacial score (nSPS) is 24.6. The van der Waals surface area contributed by atoms with Crippen molar-refractivity contribution in [2.75, 3.05) is 40.0 Å². The number of methoxy groups -OCH3 is 1. The van der Waals surface area contributed by atoms with Crippen molar-refractivity contribution in [2.45, 2.75) is 37.0 Å². The number of ether oxygens (including phenoxy) is 4. The molecule has 0 saturated heterocycles. The Labute approximate surface area is 197 Å². The quantitative estimate of drug-likeness (QED) is 0.386. The maximum absolute atomic E-state index is 10.3. The van der Waals surface area contributed by atoms with Crippen LogP contribution in [-0.4, -0.2) is 72.2 Å². The van der Waals surface area contributed by atoms with Gasteiger partial charge in [0.1, 0.15) is 19.3 Å². The van der Waals surface area contributed by atoms with Gasteiger partial charge in [0.05, 0.1) is 18.6 Å². The van der Waals surface area contributed by atoms with Crippen molar-refractivity contribution in [3.8, 4) is 34.9 Å². The second-order valence-electron chi connectivity index (χ2n) is 8.54.